The van der Waals surface area contributed by atoms with Crippen LogP contribution in [0.1, 0.15) is 5.56 Å². The van der Waals surface area contributed by atoms with Crippen LogP contribution < -0.4 is 14.5 Å². The van der Waals surface area contributed by atoms with Crippen molar-refractivity contribution >= 4 is 28.8 Å². The summed E-state index contributed by atoms with van der Waals surface area (Å²) in [6.45, 7) is 2.59. The van der Waals surface area contributed by atoms with Gasteiger partial charge in [-0.25, -0.2) is 9.29 Å². The first kappa shape index (κ1) is 21.7. The number of ether oxygens (including phenoxy) is 1. The standard InChI is InChI=1S/C27H24FN3O3/c1-34-23-9-5-8-22(18-23)31-26(32)24(19-10-12-20(28)13-11-19)25(27(31)33)30-16-14-29(15-17-30)21-6-3-2-4-7-21/h2-13,18H,14-17H2,1H3. The van der Waals surface area contributed by atoms with Crippen LogP contribution in [0.25, 0.3) is 5.57 Å². The van der Waals surface area contributed by atoms with Crippen LogP contribution in [0.5, 0.6) is 5.75 Å². The van der Waals surface area contributed by atoms with E-state index in [1.54, 1.807) is 36.4 Å². The number of carbonyl (C=O) groups is 2. The van der Waals surface area contributed by atoms with Crippen molar-refractivity contribution in [1.82, 2.24) is 4.90 Å². The van der Waals surface area contributed by atoms with E-state index >= 15 is 0 Å². The Morgan fingerprint density at radius 3 is 2.06 bits per heavy atom. The molecule has 2 aliphatic heterocycles. The van der Waals surface area contributed by atoms with Crippen molar-refractivity contribution in [3.8, 4) is 5.75 Å². The third-order valence-corrected chi connectivity index (χ3v) is 6.22. The summed E-state index contributed by atoms with van der Waals surface area (Å²) in [5.74, 6) is -0.661. The number of nitrogens with zero attached hydrogens (tertiary/aromatic N) is 3. The van der Waals surface area contributed by atoms with Crippen LogP contribution in [-0.2, 0) is 9.59 Å². The summed E-state index contributed by atoms with van der Waals surface area (Å²) in [6.07, 6.45) is 0. The molecule has 2 heterocycles. The molecular formula is C27H24FN3O3. The van der Waals surface area contributed by atoms with E-state index in [4.69, 9.17) is 4.74 Å². The van der Waals surface area contributed by atoms with Gasteiger partial charge < -0.3 is 14.5 Å². The fraction of sp³-hybridized carbons (Fsp3) is 0.185. The number of hydrogen-bond donors (Lipinski definition) is 0. The Hall–Kier alpha value is -4.13. The van der Waals surface area contributed by atoms with Crippen LogP contribution in [0.15, 0.2) is 84.6 Å². The molecule has 172 valence electrons. The van der Waals surface area contributed by atoms with Crippen LogP contribution >= 0.6 is 0 Å². The fourth-order valence-electron chi connectivity index (χ4n) is 4.50. The van der Waals surface area contributed by atoms with E-state index in [0.717, 1.165) is 5.69 Å². The highest BCUT2D eigenvalue weighted by molar-refractivity contribution is 6.45. The highest BCUT2D eigenvalue weighted by Crippen LogP contribution is 2.36. The molecule has 3 aromatic carbocycles. The first-order valence-corrected chi connectivity index (χ1v) is 11.1. The van der Waals surface area contributed by atoms with Gasteiger partial charge in [0.15, 0.2) is 0 Å². The maximum absolute atomic E-state index is 13.7. The quantitative estimate of drug-likeness (QED) is 0.544. The first-order valence-electron chi connectivity index (χ1n) is 11.1. The lowest BCUT2D eigenvalue weighted by atomic mass is 10.0. The van der Waals surface area contributed by atoms with E-state index in [-0.39, 0.29) is 5.91 Å². The van der Waals surface area contributed by atoms with Crippen LogP contribution in [0.3, 0.4) is 0 Å². The van der Waals surface area contributed by atoms with Crippen molar-refractivity contribution in [1.29, 1.82) is 0 Å². The molecule has 0 bridgehead atoms. The summed E-state index contributed by atoms with van der Waals surface area (Å²) in [6, 6.07) is 22.7. The fourth-order valence-corrected chi connectivity index (χ4v) is 4.50. The Kier molecular flexibility index (Phi) is 5.76. The molecule has 0 N–H and O–H groups in total. The van der Waals surface area contributed by atoms with Crippen LogP contribution in [0.2, 0.25) is 0 Å². The zero-order valence-electron chi connectivity index (χ0n) is 18.8. The van der Waals surface area contributed by atoms with Crippen molar-refractivity contribution in [3.05, 3.63) is 95.9 Å². The number of benzene rings is 3. The molecular weight excluding hydrogens is 433 g/mol. The van der Waals surface area contributed by atoms with Gasteiger partial charge in [0.25, 0.3) is 11.8 Å². The smallest absolute Gasteiger partial charge is 0.282 e. The van der Waals surface area contributed by atoms with Crippen molar-refractivity contribution in [2.75, 3.05) is 43.1 Å². The van der Waals surface area contributed by atoms with Crippen molar-refractivity contribution in [2.24, 2.45) is 0 Å². The number of imide groups is 1. The monoisotopic (exact) mass is 457 g/mol. The van der Waals surface area contributed by atoms with Gasteiger partial charge in [-0.15, -0.1) is 0 Å². The normalized spacial score (nSPS) is 16.5. The maximum atomic E-state index is 13.7. The minimum absolute atomic E-state index is 0.293. The summed E-state index contributed by atoms with van der Waals surface area (Å²) in [5.41, 5.74) is 2.73. The Bertz CT molecular complexity index is 1250. The van der Waals surface area contributed by atoms with Crippen molar-refractivity contribution in [3.63, 3.8) is 0 Å². The average Bonchev–Trinajstić information content (AvgIpc) is 3.15. The first-order chi connectivity index (χ1) is 16.6. The van der Waals surface area contributed by atoms with E-state index in [2.05, 4.69) is 17.0 Å². The second-order valence-corrected chi connectivity index (χ2v) is 8.19. The average molecular weight is 458 g/mol. The third-order valence-electron chi connectivity index (χ3n) is 6.22. The minimum Gasteiger partial charge on any atom is -0.497 e. The Labute approximate surface area is 197 Å². The lowest BCUT2D eigenvalue weighted by molar-refractivity contribution is -0.120. The third kappa shape index (κ3) is 3.90. The Morgan fingerprint density at radius 1 is 0.735 bits per heavy atom. The summed E-state index contributed by atoms with van der Waals surface area (Å²) < 4.78 is 18.9. The van der Waals surface area contributed by atoms with E-state index in [1.165, 1.54) is 24.1 Å². The highest BCUT2D eigenvalue weighted by Gasteiger charge is 2.43. The van der Waals surface area contributed by atoms with E-state index in [1.807, 2.05) is 23.1 Å². The van der Waals surface area contributed by atoms with Gasteiger partial charge in [0, 0.05) is 37.9 Å². The van der Waals surface area contributed by atoms with Crippen molar-refractivity contribution < 1.29 is 18.7 Å². The molecule has 1 fully saturated rings. The van der Waals surface area contributed by atoms with Crippen LogP contribution in [0.4, 0.5) is 15.8 Å². The molecule has 7 heteroatoms. The maximum Gasteiger partial charge on any atom is 0.282 e. The lowest BCUT2D eigenvalue weighted by Crippen LogP contribution is -2.47. The number of hydrogen-bond acceptors (Lipinski definition) is 5. The lowest BCUT2D eigenvalue weighted by Gasteiger charge is -2.37. The number of methoxy groups -OCH3 is 1. The predicted molar refractivity (Wildman–Crippen MR) is 129 cm³/mol. The summed E-state index contributed by atoms with van der Waals surface area (Å²) in [4.78, 5) is 32.7. The number of amides is 2. The number of para-hydroxylation sites is 1. The molecule has 34 heavy (non-hydrogen) atoms. The second-order valence-electron chi connectivity index (χ2n) is 8.19. The highest BCUT2D eigenvalue weighted by atomic mass is 19.1. The molecule has 5 rings (SSSR count). The molecule has 2 aliphatic rings. The van der Waals surface area contributed by atoms with E-state index in [0.29, 0.717) is 54.4 Å². The SMILES string of the molecule is COc1cccc(N2C(=O)C(c3ccc(F)cc3)=C(N3CCN(c4ccccc4)CC3)C2=O)c1. The number of carbonyl (C=O) groups excluding carboxylic acids is 2. The Morgan fingerprint density at radius 2 is 1.38 bits per heavy atom. The zero-order chi connectivity index (χ0) is 23.7. The molecule has 1 saturated heterocycles. The minimum atomic E-state index is -0.426. The second kappa shape index (κ2) is 9.02. The summed E-state index contributed by atoms with van der Waals surface area (Å²) >= 11 is 0. The van der Waals surface area contributed by atoms with Crippen molar-refractivity contribution in [2.45, 2.75) is 0 Å². The van der Waals surface area contributed by atoms with Gasteiger partial charge in [0.2, 0.25) is 0 Å². The van der Waals surface area contributed by atoms with Gasteiger partial charge in [0.1, 0.15) is 17.3 Å². The molecule has 0 unspecified atom stereocenters. The largest absolute Gasteiger partial charge is 0.497 e. The molecule has 0 saturated carbocycles. The molecule has 0 atom stereocenters. The summed E-state index contributed by atoms with van der Waals surface area (Å²) in [5, 5.41) is 0. The molecule has 0 radical (unpaired) electrons. The molecule has 0 spiro atoms. The van der Waals surface area contributed by atoms with Gasteiger partial charge in [-0.3, -0.25) is 9.59 Å². The molecule has 3 aromatic rings. The van der Waals surface area contributed by atoms with Gasteiger partial charge >= 0.3 is 0 Å². The van der Waals surface area contributed by atoms with Gasteiger partial charge in [-0.05, 0) is 42.0 Å². The molecule has 0 aromatic heterocycles. The molecule has 6 nitrogen and oxygen atoms in total. The van der Waals surface area contributed by atoms with Gasteiger partial charge in [-0.2, -0.15) is 0 Å². The Balaban J connectivity index is 1.50. The van der Waals surface area contributed by atoms with Crippen LogP contribution in [0, 0.1) is 5.82 Å². The van der Waals surface area contributed by atoms with E-state index in [9.17, 15) is 14.0 Å². The van der Waals surface area contributed by atoms with Gasteiger partial charge in [0.05, 0.1) is 18.4 Å². The van der Waals surface area contributed by atoms with Crippen LogP contribution in [-0.4, -0.2) is 50.0 Å². The molecule has 2 amide bonds. The molecule has 0 aliphatic carbocycles. The number of rotatable bonds is 5. The number of halogens is 1. The predicted octanol–water partition coefficient (Wildman–Crippen LogP) is 3.94. The zero-order valence-corrected chi connectivity index (χ0v) is 18.8. The number of piperazine rings is 1. The van der Waals surface area contributed by atoms with Gasteiger partial charge in [-0.1, -0.05) is 36.4 Å². The topological polar surface area (TPSA) is 53.1 Å². The number of anilines is 2. The summed E-state index contributed by atoms with van der Waals surface area (Å²) in [7, 11) is 1.53. The van der Waals surface area contributed by atoms with E-state index < -0.39 is 11.7 Å².